The van der Waals surface area contributed by atoms with Gasteiger partial charge < -0.3 is 20.4 Å². The van der Waals surface area contributed by atoms with Crippen LogP contribution in [-0.2, 0) is 17.9 Å². The Labute approximate surface area is 203 Å². The van der Waals surface area contributed by atoms with E-state index in [-0.39, 0.29) is 41.7 Å². The number of carbonyl (C=O) groups excluding carboxylic acids is 1. The molecule has 176 valence electrons. The number of carbonyl (C=O) groups is 1. The van der Waals surface area contributed by atoms with E-state index in [1.807, 2.05) is 38.9 Å². The second-order valence-corrected chi connectivity index (χ2v) is 8.32. The predicted molar refractivity (Wildman–Crippen MR) is 135 cm³/mol. The summed E-state index contributed by atoms with van der Waals surface area (Å²) in [6.07, 6.45) is 0. The molecule has 0 unspecified atom stereocenters. The molecule has 0 aliphatic carbocycles. The fourth-order valence-corrected chi connectivity index (χ4v) is 3.47. The van der Waals surface area contributed by atoms with Gasteiger partial charge in [-0.05, 0) is 52.6 Å². The summed E-state index contributed by atoms with van der Waals surface area (Å²) in [6, 6.07) is 5.38. The molecule has 1 amide bonds. The van der Waals surface area contributed by atoms with Crippen LogP contribution < -0.4 is 10.6 Å². The molecule has 0 saturated carbocycles. The van der Waals surface area contributed by atoms with Gasteiger partial charge in [0.05, 0.1) is 13.1 Å². The first-order valence-electron chi connectivity index (χ1n) is 10.8. The monoisotopic (exact) mass is 548 g/mol. The average Bonchev–Trinajstić information content (AvgIpc) is 2.67. The first-order valence-corrected chi connectivity index (χ1v) is 10.8. The molecule has 1 aliphatic rings. The van der Waals surface area contributed by atoms with E-state index in [0.717, 1.165) is 44.2 Å². The van der Waals surface area contributed by atoms with Crippen LogP contribution in [0.15, 0.2) is 23.2 Å². The van der Waals surface area contributed by atoms with E-state index in [1.54, 1.807) is 6.07 Å². The topological polar surface area (TPSA) is 63.2 Å². The number of amides is 1. The molecule has 1 aliphatic heterocycles. The van der Waals surface area contributed by atoms with Gasteiger partial charge in [-0.25, -0.2) is 9.38 Å². The van der Waals surface area contributed by atoms with Crippen molar-refractivity contribution >= 4 is 35.8 Å². The van der Waals surface area contributed by atoms with Gasteiger partial charge in [0, 0.05) is 50.9 Å². The van der Waals surface area contributed by atoms with Crippen molar-refractivity contribution in [2.75, 3.05) is 53.4 Å². The van der Waals surface area contributed by atoms with E-state index in [9.17, 15) is 9.18 Å². The Bertz CT molecular complexity index is 720. The summed E-state index contributed by atoms with van der Waals surface area (Å²) in [6.45, 7) is 11.5. The maximum absolute atomic E-state index is 14.0. The van der Waals surface area contributed by atoms with E-state index < -0.39 is 0 Å². The van der Waals surface area contributed by atoms with Crippen molar-refractivity contribution in [3.05, 3.63) is 35.1 Å². The number of benzene rings is 1. The minimum atomic E-state index is -0.180. The van der Waals surface area contributed by atoms with Gasteiger partial charge in [-0.15, -0.1) is 24.0 Å². The zero-order chi connectivity index (χ0) is 22.1. The summed E-state index contributed by atoms with van der Waals surface area (Å²) in [5.74, 6) is 0.757. The van der Waals surface area contributed by atoms with E-state index >= 15 is 0 Å². The van der Waals surface area contributed by atoms with Crippen LogP contribution in [0, 0.1) is 5.82 Å². The Morgan fingerprint density at radius 2 is 1.90 bits per heavy atom. The van der Waals surface area contributed by atoms with Crippen LogP contribution in [0.1, 0.15) is 31.9 Å². The second kappa shape index (κ2) is 13.8. The Morgan fingerprint density at radius 1 is 1.23 bits per heavy atom. The van der Waals surface area contributed by atoms with Gasteiger partial charge in [-0.2, -0.15) is 0 Å². The smallest absolute Gasteiger partial charge is 0.234 e. The lowest BCUT2D eigenvalue weighted by Crippen LogP contribution is -2.54. The SMILES string of the molecule is CCNC(=NCc1ccc(F)c(CN(C)C)c1)N1CCN(CC(=O)NC(C)C)CC1.I. The van der Waals surface area contributed by atoms with Crippen LogP contribution in [0.4, 0.5) is 4.39 Å². The summed E-state index contributed by atoms with van der Waals surface area (Å²) < 4.78 is 14.0. The fourth-order valence-electron chi connectivity index (χ4n) is 3.47. The highest BCUT2D eigenvalue weighted by molar-refractivity contribution is 14.0. The molecule has 0 radical (unpaired) electrons. The quantitative estimate of drug-likeness (QED) is 0.296. The molecular weight excluding hydrogens is 510 g/mol. The molecule has 2 rings (SSSR count). The Morgan fingerprint density at radius 3 is 2.48 bits per heavy atom. The number of piperazine rings is 1. The maximum atomic E-state index is 14.0. The second-order valence-electron chi connectivity index (χ2n) is 8.32. The number of nitrogens with zero attached hydrogens (tertiary/aromatic N) is 4. The Hall–Kier alpha value is -1.46. The molecule has 2 N–H and O–H groups in total. The molecule has 0 bridgehead atoms. The summed E-state index contributed by atoms with van der Waals surface area (Å²) in [7, 11) is 3.86. The number of hydrogen-bond donors (Lipinski definition) is 2. The van der Waals surface area contributed by atoms with Crippen LogP contribution in [0.25, 0.3) is 0 Å². The molecule has 1 aromatic rings. The van der Waals surface area contributed by atoms with Crippen LogP contribution in [0.2, 0.25) is 0 Å². The lowest BCUT2D eigenvalue weighted by Gasteiger charge is -2.36. The van der Waals surface area contributed by atoms with Gasteiger partial charge in [0.15, 0.2) is 5.96 Å². The third kappa shape index (κ3) is 9.69. The third-order valence-electron chi connectivity index (χ3n) is 4.83. The van der Waals surface area contributed by atoms with Crippen LogP contribution in [-0.4, -0.2) is 86.0 Å². The minimum Gasteiger partial charge on any atom is -0.357 e. The molecular formula is C22H38FIN6O. The number of guanidine groups is 1. The van der Waals surface area contributed by atoms with E-state index in [4.69, 9.17) is 4.99 Å². The van der Waals surface area contributed by atoms with Crippen molar-refractivity contribution in [2.24, 2.45) is 4.99 Å². The summed E-state index contributed by atoms with van der Waals surface area (Å²) in [5.41, 5.74) is 1.68. The van der Waals surface area contributed by atoms with Crippen molar-refractivity contribution in [2.45, 2.75) is 39.9 Å². The number of rotatable bonds is 8. The highest BCUT2D eigenvalue weighted by atomic mass is 127. The molecule has 7 nitrogen and oxygen atoms in total. The maximum Gasteiger partial charge on any atom is 0.234 e. The molecule has 0 aromatic heterocycles. The molecule has 1 aromatic carbocycles. The summed E-state index contributed by atoms with van der Waals surface area (Å²) >= 11 is 0. The van der Waals surface area contributed by atoms with Gasteiger partial charge >= 0.3 is 0 Å². The fraction of sp³-hybridized carbons (Fsp3) is 0.636. The first kappa shape index (κ1) is 27.6. The van der Waals surface area contributed by atoms with E-state index in [1.165, 1.54) is 6.07 Å². The molecule has 0 spiro atoms. The first-order chi connectivity index (χ1) is 14.3. The number of hydrogen-bond acceptors (Lipinski definition) is 4. The summed E-state index contributed by atoms with van der Waals surface area (Å²) in [5, 5.41) is 6.30. The van der Waals surface area contributed by atoms with Crippen molar-refractivity contribution in [1.82, 2.24) is 25.3 Å². The van der Waals surface area contributed by atoms with Gasteiger partial charge in [0.25, 0.3) is 0 Å². The molecule has 1 saturated heterocycles. The van der Waals surface area contributed by atoms with Gasteiger partial charge in [0.1, 0.15) is 5.82 Å². The van der Waals surface area contributed by atoms with Gasteiger partial charge in [-0.1, -0.05) is 6.07 Å². The van der Waals surface area contributed by atoms with Crippen LogP contribution >= 0.6 is 24.0 Å². The van der Waals surface area contributed by atoms with Crippen molar-refractivity contribution in [3.8, 4) is 0 Å². The van der Waals surface area contributed by atoms with Crippen molar-refractivity contribution in [3.63, 3.8) is 0 Å². The lowest BCUT2D eigenvalue weighted by atomic mass is 10.1. The number of halogens is 2. The van der Waals surface area contributed by atoms with Crippen LogP contribution in [0.5, 0.6) is 0 Å². The predicted octanol–water partition coefficient (Wildman–Crippen LogP) is 2.11. The van der Waals surface area contributed by atoms with Gasteiger partial charge in [0.2, 0.25) is 5.91 Å². The van der Waals surface area contributed by atoms with E-state index in [2.05, 4.69) is 27.4 Å². The standard InChI is InChI=1S/C22H37FN6O.HI/c1-6-24-22(25-14-18-7-8-20(23)19(13-18)15-27(4)5)29-11-9-28(10-12-29)16-21(30)26-17(2)3;/h7-8,13,17H,6,9-12,14-16H2,1-5H3,(H,24,25)(H,26,30);1H. The number of nitrogens with one attached hydrogen (secondary N) is 2. The zero-order valence-electron chi connectivity index (χ0n) is 19.4. The van der Waals surface area contributed by atoms with Gasteiger partial charge in [-0.3, -0.25) is 9.69 Å². The third-order valence-corrected chi connectivity index (χ3v) is 4.83. The number of aliphatic imine (C=N–C) groups is 1. The summed E-state index contributed by atoms with van der Waals surface area (Å²) in [4.78, 5) is 23.1. The highest BCUT2D eigenvalue weighted by Crippen LogP contribution is 2.13. The van der Waals surface area contributed by atoms with Crippen LogP contribution in [0.3, 0.4) is 0 Å². The lowest BCUT2D eigenvalue weighted by molar-refractivity contribution is -0.123. The average molecular weight is 548 g/mol. The normalized spacial score (nSPS) is 15.2. The minimum absolute atomic E-state index is 0. The van der Waals surface area contributed by atoms with Crippen molar-refractivity contribution in [1.29, 1.82) is 0 Å². The highest BCUT2D eigenvalue weighted by Gasteiger charge is 2.21. The molecule has 9 heteroatoms. The molecule has 1 heterocycles. The molecule has 31 heavy (non-hydrogen) atoms. The Kier molecular flexibility index (Phi) is 12.3. The Balaban J connectivity index is 0.00000480. The zero-order valence-corrected chi connectivity index (χ0v) is 21.8. The largest absolute Gasteiger partial charge is 0.357 e. The van der Waals surface area contributed by atoms with E-state index in [0.29, 0.717) is 25.2 Å². The molecule has 0 atom stereocenters. The van der Waals surface area contributed by atoms with Crippen molar-refractivity contribution < 1.29 is 9.18 Å². The molecule has 1 fully saturated rings.